The van der Waals surface area contributed by atoms with Gasteiger partial charge in [-0.25, -0.2) is 0 Å². The van der Waals surface area contributed by atoms with E-state index in [0.29, 0.717) is 0 Å². The molecule has 0 aromatic rings. The summed E-state index contributed by atoms with van der Waals surface area (Å²) in [6.07, 6.45) is 21.0. The molecular formula is C18H41P. The molecular weight excluding hydrogens is 247 g/mol. The Balaban J connectivity index is 4.01. The first-order valence-electron chi connectivity index (χ1n) is 9.24. The Bertz CT molecular complexity index is 179. The van der Waals surface area contributed by atoms with Crippen LogP contribution >= 0.6 is 7.26 Å². The second kappa shape index (κ2) is 13.4. The van der Waals surface area contributed by atoms with Crippen molar-refractivity contribution in [2.45, 2.75) is 91.9 Å². The minimum atomic E-state index is -0.880. The van der Waals surface area contributed by atoms with Gasteiger partial charge in [-0.15, -0.1) is 0 Å². The molecule has 0 heterocycles. The average Bonchev–Trinajstić information content (AvgIpc) is 2.43. The zero-order valence-corrected chi connectivity index (χ0v) is 15.4. The molecule has 0 N–H and O–H groups in total. The summed E-state index contributed by atoms with van der Waals surface area (Å²) in [4.78, 5) is 0. The summed E-state index contributed by atoms with van der Waals surface area (Å²) in [5.74, 6) is 0. The molecule has 0 spiro atoms. The number of hydrogen-bond acceptors (Lipinski definition) is 0. The molecule has 1 heteroatoms. The van der Waals surface area contributed by atoms with E-state index in [2.05, 4.69) is 27.7 Å². The Morgan fingerprint density at radius 1 is 0.474 bits per heavy atom. The molecule has 0 atom stereocenters. The topological polar surface area (TPSA) is 0 Å². The number of rotatable bonds is 14. The van der Waals surface area contributed by atoms with Gasteiger partial charge in [-0.2, -0.15) is 0 Å². The number of unbranched alkanes of at least 4 members (excludes halogenated alkanes) is 7. The van der Waals surface area contributed by atoms with E-state index >= 15 is 0 Å². The van der Waals surface area contributed by atoms with Crippen molar-refractivity contribution in [2.24, 2.45) is 0 Å². The van der Waals surface area contributed by atoms with Gasteiger partial charge in [0.1, 0.15) is 0 Å². The maximum atomic E-state index is 2.49. The standard InChI is InChI=1S/C18H41P/c1-5-9-11-13-15-18-19(8-4,16-7-3)17-14-12-10-6-2/h19H,5-18H2,1-4H3. The molecule has 0 aromatic carbocycles. The molecule has 0 aliphatic carbocycles. The summed E-state index contributed by atoms with van der Waals surface area (Å²) in [6, 6.07) is 0. The van der Waals surface area contributed by atoms with Crippen molar-refractivity contribution in [3.8, 4) is 0 Å². The van der Waals surface area contributed by atoms with Gasteiger partial charge >= 0.3 is 124 Å². The SMILES string of the molecule is CCCCCCC[PH](CC)(CCC)CCCCCC. The third-order valence-electron chi connectivity index (χ3n) is 4.90. The maximum absolute atomic E-state index is 2.49. The van der Waals surface area contributed by atoms with Crippen LogP contribution < -0.4 is 0 Å². The molecule has 19 heavy (non-hydrogen) atoms. The van der Waals surface area contributed by atoms with E-state index in [4.69, 9.17) is 0 Å². The van der Waals surface area contributed by atoms with E-state index in [0.717, 1.165) is 0 Å². The second-order valence-electron chi connectivity index (χ2n) is 6.58. The van der Waals surface area contributed by atoms with Gasteiger partial charge in [0.05, 0.1) is 0 Å². The molecule has 0 saturated carbocycles. The third kappa shape index (κ3) is 9.89. The van der Waals surface area contributed by atoms with Crippen molar-refractivity contribution in [3.05, 3.63) is 0 Å². The van der Waals surface area contributed by atoms with Crippen LogP contribution in [-0.2, 0) is 0 Å². The quantitative estimate of drug-likeness (QED) is 0.246. The van der Waals surface area contributed by atoms with Crippen LogP contribution in [0.3, 0.4) is 0 Å². The molecule has 0 aliphatic rings. The van der Waals surface area contributed by atoms with Gasteiger partial charge in [0, 0.05) is 0 Å². The van der Waals surface area contributed by atoms with Crippen LogP contribution in [0, 0.1) is 0 Å². The fraction of sp³-hybridized carbons (Fsp3) is 1.00. The molecule has 0 nitrogen and oxygen atoms in total. The Labute approximate surface area is 124 Å². The van der Waals surface area contributed by atoms with Crippen LogP contribution in [-0.4, -0.2) is 24.6 Å². The third-order valence-corrected chi connectivity index (χ3v) is 10.8. The van der Waals surface area contributed by atoms with Crippen LogP contribution in [0.2, 0.25) is 0 Å². The molecule has 0 unspecified atom stereocenters. The van der Waals surface area contributed by atoms with Crippen molar-refractivity contribution >= 4 is 7.26 Å². The van der Waals surface area contributed by atoms with Crippen molar-refractivity contribution in [2.75, 3.05) is 24.6 Å². The molecule has 0 aromatic heterocycles. The fourth-order valence-corrected chi connectivity index (χ4v) is 8.34. The van der Waals surface area contributed by atoms with E-state index in [-0.39, 0.29) is 0 Å². The summed E-state index contributed by atoms with van der Waals surface area (Å²) in [5, 5.41) is 0. The van der Waals surface area contributed by atoms with Gasteiger partial charge in [0.25, 0.3) is 0 Å². The summed E-state index contributed by atoms with van der Waals surface area (Å²) in [7, 11) is -0.880. The molecule has 118 valence electrons. The van der Waals surface area contributed by atoms with E-state index in [9.17, 15) is 0 Å². The predicted molar refractivity (Wildman–Crippen MR) is 96.6 cm³/mol. The first-order chi connectivity index (χ1) is 9.24. The molecule has 0 amide bonds. The van der Waals surface area contributed by atoms with Gasteiger partial charge < -0.3 is 0 Å². The van der Waals surface area contributed by atoms with Crippen molar-refractivity contribution in [3.63, 3.8) is 0 Å². The van der Waals surface area contributed by atoms with Crippen LogP contribution in [0.15, 0.2) is 0 Å². The zero-order valence-electron chi connectivity index (χ0n) is 14.4. The summed E-state index contributed by atoms with van der Waals surface area (Å²) in [6.45, 7) is 9.54. The van der Waals surface area contributed by atoms with Gasteiger partial charge in [-0.05, 0) is 0 Å². The van der Waals surface area contributed by atoms with Gasteiger partial charge in [0.2, 0.25) is 0 Å². The molecule has 0 bridgehead atoms. The first kappa shape index (κ1) is 19.4. The monoisotopic (exact) mass is 288 g/mol. The molecule has 0 aliphatic heterocycles. The van der Waals surface area contributed by atoms with Crippen LogP contribution in [0.1, 0.15) is 91.9 Å². The zero-order chi connectivity index (χ0) is 14.4. The van der Waals surface area contributed by atoms with Crippen LogP contribution in [0.4, 0.5) is 0 Å². The summed E-state index contributed by atoms with van der Waals surface area (Å²) < 4.78 is 0. The van der Waals surface area contributed by atoms with Gasteiger partial charge in [-0.1, -0.05) is 0 Å². The Kier molecular flexibility index (Phi) is 13.7. The Morgan fingerprint density at radius 3 is 1.37 bits per heavy atom. The fourth-order valence-electron chi connectivity index (χ4n) is 3.47. The normalized spacial score (nSPS) is 12.8. The molecule has 0 rings (SSSR count). The van der Waals surface area contributed by atoms with Crippen LogP contribution in [0.25, 0.3) is 0 Å². The van der Waals surface area contributed by atoms with Crippen molar-refractivity contribution in [1.29, 1.82) is 0 Å². The van der Waals surface area contributed by atoms with E-state index in [1.165, 1.54) is 64.2 Å². The molecule has 0 radical (unpaired) electrons. The molecule has 0 fully saturated rings. The van der Waals surface area contributed by atoms with E-state index in [1.54, 1.807) is 24.6 Å². The summed E-state index contributed by atoms with van der Waals surface area (Å²) >= 11 is 0. The van der Waals surface area contributed by atoms with Gasteiger partial charge in [0.15, 0.2) is 0 Å². The second-order valence-corrected chi connectivity index (χ2v) is 11.8. The summed E-state index contributed by atoms with van der Waals surface area (Å²) in [5.41, 5.74) is 0. The van der Waals surface area contributed by atoms with Crippen molar-refractivity contribution in [1.82, 2.24) is 0 Å². The molecule has 0 saturated heterocycles. The first-order valence-corrected chi connectivity index (χ1v) is 12.1. The Morgan fingerprint density at radius 2 is 0.947 bits per heavy atom. The van der Waals surface area contributed by atoms with E-state index in [1.807, 2.05) is 0 Å². The number of hydrogen-bond donors (Lipinski definition) is 0. The van der Waals surface area contributed by atoms with E-state index < -0.39 is 7.26 Å². The van der Waals surface area contributed by atoms with Gasteiger partial charge in [-0.3, -0.25) is 0 Å². The predicted octanol–water partition coefficient (Wildman–Crippen LogP) is 6.72. The van der Waals surface area contributed by atoms with Crippen LogP contribution in [0.5, 0.6) is 0 Å². The van der Waals surface area contributed by atoms with Crippen molar-refractivity contribution < 1.29 is 0 Å². The average molecular weight is 288 g/mol. The minimum absolute atomic E-state index is 0.880. The Hall–Kier alpha value is 0.430.